The van der Waals surface area contributed by atoms with Crippen molar-refractivity contribution in [1.82, 2.24) is 10.6 Å². The Labute approximate surface area is 170 Å². The molecule has 7 nitrogen and oxygen atoms in total. The van der Waals surface area contributed by atoms with Gasteiger partial charge >= 0.3 is 5.97 Å². The first-order chi connectivity index (χ1) is 13.8. The van der Waals surface area contributed by atoms with Crippen molar-refractivity contribution in [3.8, 4) is 5.75 Å². The summed E-state index contributed by atoms with van der Waals surface area (Å²) < 4.78 is 5.20. The molecule has 0 fully saturated rings. The summed E-state index contributed by atoms with van der Waals surface area (Å²) in [6.45, 7) is 2.01. The van der Waals surface area contributed by atoms with Crippen molar-refractivity contribution in [2.24, 2.45) is 0 Å². The van der Waals surface area contributed by atoms with E-state index >= 15 is 0 Å². The van der Waals surface area contributed by atoms with Gasteiger partial charge in [0.15, 0.2) is 0 Å². The number of carboxylic acids is 1. The summed E-state index contributed by atoms with van der Waals surface area (Å²) in [4.78, 5) is 35.8. The van der Waals surface area contributed by atoms with E-state index in [9.17, 15) is 19.5 Å². The van der Waals surface area contributed by atoms with E-state index in [0.29, 0.717) is 29.8 Å². The van der Waals surface area contributed by atoms with Crippen LogP contribution in [0.1, 0.15) is 42.1 Å². The van der Waals surface area contributed by atoms with Crippen LogP contribution >= 0.6 is 0 Å². The van der Waals surface area contributed by atoms with Gasteiger partial charge in [0.05, 0.1) is 19.1 Å². The zero-order chi connectivity index (χ0) is 21.3. The van der Waals surface area contributed by atoms with Gasteiger partial charge < -0.3 is 20.5 Å². The highest BCUT2D eigenvalue weighted by Gasteiger charge is 2.31. The molecule has 0 aliphatic rings. The van der Waals surface area contributed by atoms with Crippen LogP contribution in [0.5, 0.6) is 5.75 Å². The van der Waals surface area contributed by atoms with E-state index in [1.54, 1.807) is 55.5 Å². The molecule has 3 N–H and O–H groups in total. The van der Waals surface area contributed by atoms with E-state index in [2.05, 4.69) is 10.6 Å². The number of carboxylic acid groups (broad SMARTS) is 1. The van der Waals surface area contributed by atoms with Crippen LogP contribution in [0.4, 0.5) is 0 Å². The molecule has 2 aromatic rings. The van der Waals surface area contributed by atoms with Gasteiger partial charge in [0.1, 0.15) is 5.75 Å². The smallest absolute Gasteiger partial charge is 0.306 e. The first-order valence-electron chi connectivity index (χ1n) is 9.34. The minimum atomic E-state index is -1.08. The summed E-state index contributed by atoms with van der Waals surface area (Å²) in [6, 6.07) is 15.8. The summed E-state index contributed by atoms with van der Waals surface area (Å²) in [6.07, 6.45) is 0.330. The quantitative estimate of drug-likeness (QED) is 0.534. The molecule has 0 spiro atoms. The molecular weight excluding hydrogens is 372 g/mol. The van der Waals surface area contributed by atoms with Gasteiger partial charge in [-0.3, -0.25) is 14.4 Å². The Morgan fingerprint density at radius 3 is 2.45 bits per heavy atom. The molecular formula is C22H26N2O5. The van der Waals surface area contributed by atoms with E-state index in [1.807, 2.05) is 6.07 Å². The third kappa shape index (κ3) is 6.64. The molecule has 0 saturated heterocycles. The van der Waals surface area contributed by atoms with E-state index in [1.165, 1.54) is 7.11 Å². The number of amides is 2. The van der Waals surface area contributed by atoms with Gasteiger partial charge in [-0.25, -0.2) is 0 Å². The SMILES string of the molecule is COc1cccc(C(C)(CC(=O)O)NC(=O)CCCNC(=O)c2ccccc2)c1. The second kappa shape index (κ2) is 10.3. The predicted molar refractivity (Wildman–Crippen MR) is 109 cm³/mol. The van der Waals surface area contributed by atoms with Crippen molar-refractivity contribution in [3.63, 3.8) is 0 Å². The normalized spacial score (nSPS) is 12.5. The molecule has 1 unspecified atom stereocenters. The molecule has 154 valence electrons. The number of carbonyl (C=O) groups excluding carboxylic acids is 2. The van der Waals surface area contributed by atoms with Gasteiger partial charge in [-0.1, -0.05) is 30.3 Å². The molecule has 0 heterocycles. The molecule has 0 radical (unpaired) electrons. The molecule has 2 aromatic carbocycles. The summed E-state index contributed by atoms with van der Waals surface area (Å²) >= 11 is 0. The number of benzene rings is 2. The van der Waals surface area contributed by atoms with Crippen LogP contribution in [0.15, 0.2) is 54.6 Å². The van der Waals surface area contributed by atoms with Crippen LogP contribution in [0.2, 0.25) is 0 Å². The maximum Gasteiger partial charge on any atom is 0.306 e. The molecule has 1 atom stereocenters. The average molecular weight is 398 g/mol. The Balaban J connectivity index is 1.92. The number of rotatable bonds is 10. The number of hydrogen-bond acceptors (Lipinski definition) is 4. The Bertz CT molecular complexity index is 853. The highest BCUT2D eigenvalue weighted by molar-refractivity contribution is 5.94. The van der Waals surface area contributed by atoms with E-state index in [-0.39, 0.29) is 24.7 Å². The van der Waals surface area contributed by atoms with Crippen LogP contribution in [0.25, 0.3) is 0 Å². The van der Waals surface area contributed by atoms with Gasteiger partial charge in [-0.2, -0.15) is 0 Å². The summed E-state index contributed by atoms with van der Waals surface area (Å²) in [5.74, 6) is -0.925. The maximum atomic E-state index is 12.4. The second-order valence-electron chi connectivity index (χ2n) is 6.91. The third-order valence-corrected chi connectivity index (χ3v) is 4.53. The summed E-state index contributed by atoms with van der Waals surface area (Å²) in [7, 11) is 1.52. The lowest BCUT2D eigenvalue weighted by Crippen LogP contribution is -2.45. The predicted octanol–water partition coefficient (Wildman–Crippen LogP) is 2.71. The van der Waals surface area contributed by atoms with Crippen LogP contribution in [0.3, 0.4) is 0 Å². The van der Waals surface area contributed by atoms with E-state index < -0.39 is 11.5 Å². The highest BCUT2D eigenvalue weighted by atomic mass is 16.5. The minimum absolute atomic E-state index is 0.161. The third-order valence-electron chi connectivity index (χ3n) is 4.53. The number of nitrogens with one attached hydrogen (secondary N) is 2. The number of carbonyl (C=O) groups is 3. The van der Waals surface area contributed by atoms with Gasteiger partial charge in [0.2, 0.25) is 5.91 Å². The second-order valence-corrected chi connectivity index (χ2v) is 6.91. The average Bonchev–Trinajstić information content (AvgIpc) is 2.71. The lowest BCUT2D eigenvalue weighted by atomic mass is 9.88. The Hall–Kier alpha value is -3.35. The molecule has 7 heteroatoms. The van der Waals surface area contributed by atoms with Crippen molar-refractivity contribution in [3.05, 3.63) is 65.7 Å². The Morgan fingerprint density at radius 1 is 1.07 bits per heavy atom. The standard InChI is InChI=1S/C22H26N2O5/c1-22(15-20(26)27,17-10-6-11-18(14-17)29-2)24-19(25)12-7-13-23-21(28)16-8-4-3-5-9-16/h3-6,8-11,14H,7,12-13,15H2,1-2H3,(H,23,28)(H,24,25)(H,26,27). The summed E-state index contributed by atoms with van der Waals surface area (Å²) in [5.41, 5.74) is 0.124. The van der Waals surface area contributed by atoms with Crippen molar-refractivity contribution in [2.45, 2.75) is 31.7 Å². The zero-order valence-corrected chi connectivity index (χ0v) is 16.6. The van der Waals surface area contributed by atoms with Crippen molar-refractivity contribution in [1.29, 1.82) is 0 Å². The molecule has 29 heavy (non-hydrogen) atoms. The Morgan fingerprint density at radius 2 is 1.79 bits per heavy atom. The van der Waals surface area contributed by atoms with Crippen LogP contribution in [0, 0.1) is 0 Å². The number of aliphatic carboxylic acids is 1. The van der Waals surface area contributed by atoms with Gasteiger partial charge in [-0.05, 0) is 43.2 Å². The molecule has 0 aliphatic heterocycles. The fourth-order valence-electron chi connectivity index (χ4n) is 3.00. The number of ether oxygens (including phenoxy) is 1. The molecule has 2 rings (SSSR count). The number of hydrogen-bond donors (Lipinski definition) is 3. The highest BCUT2D eigenvalue weighted by Crippen LogP contribution is 2.28. The summed E-state index contributed by atoms with van der Waals surface area (Å²) in [5, 5.41) is 14.9. The van der Waals surface area contributed by atoms with Crippen LogP contribution < -0.4 is 15.4 Å². The van der Waals surface area contributed by atoms with E-state index in [4.69, 9.17) is 4.74 Å². The molecule has 0 saturated carbocycles. The first kappa shape index (κ1) is 21.9. The molecule has 2 amide bonds. The van der Waals surface area contributed by atoms with Gasteiger partial charge in [0, 0.05) is 18.5 Å². The lowest BCUT2D eigenvalue weighted by Gasteiger charge is -2.30. The zero-order valence-electron chi connectivity index (χ0n) is 16.6. The fraction of sp³-hybridized carbons (Fsp3) is 0.318. The minimum Gasteiger partial charge on any atom is -0.497 e. The fourth-order valence-corrected chi connectivity index (χ4v) is 3.00. The van der Waals surface area contributed by atoms with Crippen molar-refractivity contribution in [2.75, 3.05) is 13.7 Å². The maximum absolute atomic E-state index is 12.4. The van der Waals surface area contributed by atoms with Gasteiger partial charge in [0.25, 0.3) is 5.91 Å². The molecule has 0 aliphatic carbocycles. The van der Waals surface area contributed by atoms with Crippen LogP contribution in [-0.4, -0.2) is 36.5 Å². The van der Waals surface area contributed by atoms with Crippen molar-refractivity contribution >= 4 is 17.8 Å². The number of methoxy groups -OCH3 is 1. The molecule has 0 aromatic heterocycles. The lowest BCUT2D eigenvalue weighted by molar-refractivity contribution is -0.139. The molecule has 0 bridgehead atoms. The topological polar surface area (TPSA) is 105 Å². The first-order valence-corrected chi connectivity index (χ1v) is 9.34. The Kier molecular flexibility index (Phi) is 7.77. The van der Waals surface area contributed by atoms with Crippen LogP contribution in [-0.2, 0) is 15.1 Å². The van der Waals surface area contributed by atoms with E-state index in [0.717, 1.165) is 0 Å². The largest absolute Gasteiger partial charge is 0.497 e. The van der Waals surface area contributed by atoms with Crippen molar-refractivity contribution < 1.29 is 24.2 Å². The van der Waals surface area contributed by atoms with Gasteiger partial charge in [-0.15, -0.1) is 0 Å². The monoisotopic (exact) mass is 398 g/mol.